The Morgan fingerprint density at radius 2 is 1.81 bits per heavy atom. The third kappa shape index (κ3) is 4.67. The molecule has 0 bridgehead atoms. The molecular weight excluding hydrogens is 214 g/mol. The van der Waals surface area contributed by atoms with Crippen molar-refractivity contribution in [3.63, 3.8) is 0 Å². The van der Waals surface area contributed by atoms with E-state index >= 15 is 0 Å². The molecule has 1 rings (SSSR count). The van der Waals surface area contributed by atoms with Crippen LogP contribution >= 0.6 is 12.6 Å². The lowest BCUT2D eigenvalue weighted by Crippen LogP contribution is -2.43. The quantitative estimate of drug-likeness (QED) is 0.694. The van der Waals surface area contributed by atoms with Gasteiger partial charge in [0, 0.05) is 19.1 Å². The van der Waals surface area contributed by atoms with Crippen LogP contribution in [0.3, 0.4) is 0 Å². The highest BCUT2D eigenvalue weighted by molar-refractivity contribution is 7.80. The second kappa shape index (κ2) is 6.30. The van der Waals surface area contributed by atoms with Crippen LogP contribution in [0, 0.1) is 11.3 Å². The number of rotatable bonds is 6. The first-order valence-electron chi connectivity index (χ1n) is 6.79. The number of hydrogen-bond acceptors (Lipinski definition) is 2. The molecule has 16 heavy (non-hydrogen) atoms. The van der Waals surface area contributed by atoms with Gasteiger partial charge in [-0.3, -0.25) is 4.90 Å². The van der Waals surface area contributed by atoms with Gasteiger partial charge in [-0.25, -0.2) is 0 Å². The van der Waals surface area contributed by atoms with E-state index in [9.17, 15) is 0 Å². The van der Waals surface area contributed by atoms with Crippen molar-refractivity contribution in [3.8, 4) is 0 Å². The summed E-state index contributed by atoms with van der Waals surface area (Å²) in [5.41, 5.74) is 0.348. The number of nitrogens with zero attached hydrogens (tertiary/aromatic N) is 1. The molecule has 0 N–H and O–H groups in total. The van der Waals surface area contributed by atoms with Crippen LogP contribution in [0.5, 0.6) is 0 Å². The molecule has 0 radical (unpaired) electrons. The van der Waals surface area contributed by atoms with Crippen LogP contribution < -0.4 is 0 Å². The summed E-state index contributed by atoms with van der Waals surface area (Å²) in [5, 5.41) is 0. The van der Waals surface area contributed by atoms with Crippen LogP contribution in [0.4, 0.5) is 0 Å². The van der Waals surface area contributed by atoms with Crippen molar-refractivity contribution in [2.24, 2.45) is 11.3 Å². The van der Waals surface area contributed by atoms with E-state index in [1.165, 1.54) is 38.8 Å². The predicted molar refractivity (Wildman–Crippen MR) is 76.3 cm³/mol. The molecule has 96 valence electrons. The van der Waals surface area contributed by atoms with Gasteiger partial charge in [0.15, 0.2) is 0 Å². The third-order valence-corrected chi connectivity index (χ3v) is 4.36. The van der Waals surface area contributed by atoms with Gasteiger partial charge in [-0.2, -0.15) is 12.6 Å². The maximum Gasteiger partial charge on any atom is 0.00956 e. The Morgan fingerprint density at radius 1 is 1.25 bits per heavy atom. The summed E-state index contributed by atoms with van der Waals surface area (Å²) in [7, 11) is 0. The maximum absolute atomic E-state index is 4.48. The summed E-state index contributed by atoms with van der Waals surface area (Å²) in [5.74, 6) is 1.75. The van der Waals surface area contributed by atoms with Crippen LogP contribution in [0.25, 0.3) is 0 Å². The van der Waals surface area contributed by atoms with Gasteiger partial charge in [0.05, 0.1) is 0 Å². The minimum Gasteiger partial charge on any atom is -0.300 e. The SMILES string of the molecule is CC(C)CN(CC(C)(C)CS)C1CCCC1. The van der Waals surface area contributed by atoms with E-state index in [0.29, 0.717) is 5.41 Å². The number of thiol groups is 1. The standard InChI is InChI=1S/C14H29NS/c1-12(2)9-15(10-14(3,4)11-16)13-7-5-6-8-13/h12-13,16H,5-11H2,1-4H3. The molecule has 0 aromatic heterocycles. The van der Waals surface area contributed by atoms with E-state index in [-0.39, 0.29) is 0 Å². The van der Waals surface area contributed by atoms with Gasteiger partial charge in [-0.1, -0.05) is 40.5 Å². The van der Waals surface area contributed by atoms with E-state index < -0.39 is 0 Å². The highest BCUT2D eigenvalue weighted by atomic mass is 32.1. The molecule has 0 aromatic carbocycles. The molecule has 1 fully saturated rings. The molecule has 0 amide bonds. The Kier molecular flexibility index (Phi) is 5.66. The zero-order chi connectivity index (χ0) is 12.2. The van der Waals surface area contributed by atoms with E-state index in [0.717, 1.165) is 17.7 Å². The fourth-order valence-electron chi connectivity index (χ4n) is 2.68. The minimum absolute atomic E-state index is 0.348. The summed E-state index contributed by atoms with van der Waals surface area (Å²) in [6, 6.07) is 0.849. The molecule has 0 atom stereocenters. The molecule has 1 nitrogen and oxygen atoms in total. The molecule has 0 heterocycles. The fraction of sp³-hybridized carbons (Fsp3) is 1.00. The lowest BCUT2D eigenvalue weighted by atomic mass is 9.94. The lowest BCUT2D eigenvalue weighted by molar-refractivity contribution is 0.127. The summed E-state index contributed by atoms with van der Waals surface area (Å²) < 4.78 is 0. The van der Waals surface area contributed by atoms with Crippen LogP contribution in [-0.2, 0) is 0 Å². The van der Waals surface area contributed by atoms with E-state index in [4.69, 9.17) is 0 Å². The smallest absolute Gasteiger partial charge is 0.00956 e. The first kappa shape index (κ1) is 14.4. The monoisotopic (exact) mass is 243 g/mol. The molecule has 1 aliphatic carbocycles. The molecule has 0 aromatic rings. The average Bonchev–Trinajstić information content (AvgIpc) is 2.68. The summed E-state index contributed by atoms with van der Waals surface area (Å²) in [6.45, 7) is 11.8. The predicted octanol–water partition coefficient (Wildman–Crippen LogP) is 3.84. The molecule has 0 saturated heterocycles. The lowest BCUT2D eigenvalue weighted by Gasteiger charge is -2.36. The first-order valence-corrected chi connectivity index (χ1v) is 7.43. The molecule has 1 saturated carbocycles. The highest BCUT2D eigenvalue weighted by Crippen LogP contribution is 2.28. The van der Waals surface area contributed by atoms with Gasteiger partial charge in [0.1, 0.15) is 0 Å². The molecule has 0 aliphatic heterocycles. The van der Waals surface area contributed by atoms with E-state index in [1.54, 1.807) is 0 Å². The number of hydrogen-bond donors (Lipinski definition) is 1. The molecule has 0 spiro atoms. The zero-order valence-corrected chi connectivity index (χ0v) is 12.4. The van der Waals surface area contributed by atoms with Crippen molar-refractivity contribution < 1.29 is 0 Å². The highest BCUT2D eigenvalue weighted by Gasteiger charge is 2.28. The van der Waals surface area contributed by atoms with Gasteiger partial charge in [-0.15, -0.1) is 0 Å². The van der Waals surface area contributed by atoms with Crippen molar-refractivity contribution in [2.45, 2.75) is 59.4 Å². The molecule has 1 aliphatic rings. The summed E-state index contributed by atoms with van der Waals surface area (Å²) >= 11 is 4.48. The second-order valence-electron chi connectivity index (χ2n) is 6.58. The average molecular weight is 243 g/mol. The maximum atomic E-state index is 4.48. The van der Waals surface area contributed by atoms with Crippen molar-refractivity contribution >= 4 is 12.6 Å². The van der Waals surface area contributed by atoms with Gasteiger partial charge in [-0.05, 0) is 29.9 Å². The summed E-state index contributed by atoms with van der Waals surface area (Å²) in [4.78, 5) is 2.73. The third-order valence-electron chi connectivity index (χ3n) is 3.50. The Labute approximate surface area is 107 Å². The van der Waals surface area contributed by atoms with Crippen LogP contribution in [0.2, 0.25) is 0 Å². The Balaban J connectivity index is 2.55. The van der Waals surface area contributed by atoms with Gasteiger partial charge < -0.3 is 0 Å². The van der Waals surface area contributed by atoms with Crippen molar-refractivity contribution in [3.05, 3.63) is 0 Å². The normalized spacial score (nSPS) is 18.9. The van der Waals surface area contributed by atoms with Gasteiger partial charge in [0.25, 0.3) is 0 Å². The van der Waals surface area contributed by atoms with Gasteiger partial charge >= 0.3 is 0 Å². The molecule has 0 unspecified atom stereocenters. The van der Waals surface area contributed by atoms with Crippen molar-refractivity contribution in [1.82, 2.24) is 4.90 Å². The fourth-order valence-corrected chi connectivity index (χ4v) is 2.78. The zero-order valence-electron chi connectivity index (χ0n) is 11.5. The van der Waals surface area contributed by atoms with Crippen molar-refractivity contribution in [2.75, 3.05) is 18.8 Å². The van der Waals surface area contributed by atoms with Crippen LogP contribution in [0.15, 0.2) is 0 Å². The van der Waals surface area contributed by atoms with E-state index in [1.807, 2.05) is 0 Å². The Bertz CT molecular complexity index is 195. The largest absolute Gasteiger partial charge is 0.300 e. The van der Waals surface area contributed by atoms with Crippen molar-refractivity contribution in [1.29, 1.82) is 0 Å². The van der Waals surface area contributed by atoms with Crippen LogP contribution in [-0.4, -0.2) is 29.8 Å². The molecule has 2 heteroatoms. The van der Waals surface area contributed by atoms with Crippen LogP contribution in [0.1, 0.15) is 53.4 Å². The second-order valence-corrected chi connectivity index (χ2v) is 6.90. The summed E-state index contributed by atoms with van der Waals surface area (Å²) in [6.07, 6.45) is 5.69. The van der Waals surface area contributed by atoms with E-state index in [2.05, 4.69) is 45.2 Å². The molecular formula is C14H29NS. The minimum atomic E-state index is 0.348. The first-order chi connectivity index (χ1) is 7.44. The topological polar surface area (TPSA) is 3.24 Å². The Hall–Kier alpha value is 0.310. The Morgan fingerprint density at radius 3 is 2.25 bits per heavy atom. The van der Waals surface area contributed by atoms with Gasteiger partial charge in [0.2, 0.25) is 0 Å².